The van der Waals surface area contributed by atoms with Crippen LogP contribution >= 0.6 is 11.6 Å². The Morgan fingerprint density at radius 2 is 1.91 bits per heavy atom. The molecule has 11 nitrogen and oxygen atoms in total. The molecular weight excluding hydrogens is 469 g/mol. The Hall–Kier alpha value is -2.45. The summed E-state index contributed by atoms with van der Waals surface area (Å²) < 4.78 is 27.3. The molecule has 0 bridgehead atoms. The smallest absolute Gasteiger partial charge is 0.167 e. The number of ether oxygens (including phenoxy) is 2. The lowest BCUT2D eigenvalue weighted by Crippen LogP contribution is -2.46. The lowest BCUT2D eigenvalue weighted by molar-refractivity contribution is -0.122. The van der Waals surface area contributed by atoms with Crippen molar-refractivity contribution in [2.24, 2.45) is 5.41 Å². The van der Waals surface area contributed by atoms with E-state index in [1.165, 1.54) is 29.4 Å². The molecule has 0 amide bonds. The molecular formula is C21H25ClFN7O4. The van der Waals surface area contributed by atoms with E-state index in [4.69, 9.17) is 21.1 Å². The van der Waals surface area contributed by atoms with Crippen molar-refractivity contribution >= 4 is 34.3 Å². The SMILES string of the molecule is CC(C)(C)C1NNC([C@H]2O[C@@H](n3cnc4c(Nc5ccc(Cl)c(F)c5)ncnc43)[C@H](O)[C@@H]2O)O1. The van der Waals surface area contributed by atoms with Crippen LogP contribution in [0.4, 0.5) is 15.9 Å². The van der Waals surface area contributed by atoms with Crippen LogP contribution in [0, 0.1) is 11.2 Å². The zero-order valence-corrected chi connectivity index (χ0v) is 19.4. The van der Waals surface area contributed by atoms with Crippen LogP contribution in [0.15, 0.2) is 30.9 Å². The van der Waals surface area contributed by atoms with Gasteiger partial charge in [-0.15, -0.1) is 0 Å². The second kappa shape index (κ2) is 8.64. The van der Waals surface area contributed by atoms with Gasteiger partial charge >= 0.3 is 0 Å². The van der Waals surface area contributed by atoms with Crippen molar-refractivity contribution in [2.75, 3.05) is 5.32 Å². The molecule has 0 aliphatic carbocycles. The number of halogens is 2. The predicted molar refractivity (Wildman–Crippen MR) is 120 cm³/mol. The molecule has 0 radical (unpaired) electrons. The van der Waals surface area contributed by atoms with Gasteiger partial charge < -0.3 is 25.0 Å². The highest BCUT2D eigenvalue weighted by Gasteiger charge is 2.51. The summed E-state index contributed by atoms with van der Waals surface area (Å²) in [6, 6.07) is 4.28. The molecule has 0 saturated carbocycles. The van der Waals surface area contributed by atoms with Gasteiger partial charge in [0.2, 0.25) is 0 Å². The van der Waals surface area contributed by atoms with Crippen LogP contribution in [-0.2, 0) is 9.47 Å². The monoisotopic (exact) mass is 493 g/mol. The zero-order valence-electron chi connectivity index (χ0n) is 18.6. The van der Waals surface area contributed by atoms with E-state index in [1.54, 1.807) is 6.07 Å². The number of imidazole rings is 1. The van der Waals surface area contributed by atoms with E-state index < -0.39 is 36.6 Å². The number of nitrogens with zero attached hydrogens (tertiary/aromatic N) is 4. The van der Waals surface area contributed by atoms with E-state index in [2.05, 4.69) is 31.1 Å². The minimum Gasteiger partial charge on any atom is -0.387 e. The maximum absolute atomic E-state index is 13.8. The molecule has 13 heteroatoms. The number of hydrogen-bond acceptors (Lipinski definition) is 10. The average Bonchev–Trinajstić information content (AvgIpc) is 3.50. The molecule has 6 atom stereocenters. The lowest BCUT2D eigenvalue weighted by atomic mass is 9.95. The number of anilines is 2. The Morgan fingerprint density at radius 1 is 1.12 bits per heavy atom. The molecule has 1 aromatic carbocycles. The fourth-order valence-corrected chi connectivity index (χ4v) is 4.08. The number of hydrazine groups is 1. The maximum Gasteiger partial charge on any atom is 0.167 e. The van der Waals surface area contributed by atoms with Gasteiger partial charge in [-0.25, -0.2) is 30.2 Å². The van der Waals surface area contributed by atoms with Crippen molar-refractivity contribution in [1.82, 2.24) is 30.4 Å². The van der Waals surface area contributed by atoms with Crippen molar-refractivity contribution in [2.45, 2.75) is 57.8 Å². The van der Waals surface area contributed by atoms with Crippen molar-refractivity contribution in [3.05, 3.63) is 41.7 Å². The first-order valence-electron chi connectivity index (χ1n) is 10.7. The van der Waals surface area contributed by atoms with Gasteiger partial charge in [-0.1, -0.05) is 32.4 Å². The van der Waals surface area contributed by atoms with E-state index >= 15 is 0 Å². The maximum atomic E-state index is 13.8. The number of benzene rings is 1. The van der Waals surface area contributed by atoms with E-state index in [9.17, 15) is 14.6 Å². The van der Waals surface area contributed by atoms with Crippen LogP contribution in [0.3, 0.4) is 0 Å². The number of aromatic nitrogens is 4. The van der Waals surface area contributed by atoms with Gasteiger partial charge in [0.25, 0.3) is 0 Å². The molecule has 0 spiro atoms. The summed E-state index contributed by atoms with van der Waals surface area (Å²) in [5.41, 5.74) is 6.99. The first-order chi connectivity index (χ1) is 16.1. The number of aliphatic hydroxyl groups excluding tert-OH is 2. The fraction of sp³-hybridized carbons (Fsp3) is 0.476. The Balaban J connectivity index is 1.39. The summed E-state index contributed by atoms with van der Waals surface area (Å²) in [5, 5.41) is 24.5. The van der Waals surface area contributed by atoms with Crippen molar-refractivity contribution in [1.29, 1.82) is 0 Å². The Morgan fingerprint density at radius 3 is 2.62 bits per heavy atom. The molecule has 2 saturated heterocycles. The molecule has 4 heterocycles. The van der Waals surface area contributed by atoms with Gasteiger partial charge in [-0.3, -0.25) is 4.57 Å². The van der Waals surface area contributed by atoms with Gasteiger partial charge in [0, 0.05) is 11.1 Å². The Kier molecular flexibility index (Phi) is 5.92. The number of hydrogen-bond donors (Lipinski definition) is 5. The van der Waals surface area contributed by atoms with Gasteiger partial charge in [0.15, 0.2) is 29.4 Å². The zero-order chi connectivity index (χ0) is 24.2. The summed E-state index contributed by atoms with van der Waals surface area (Å²) in [6.45, 7) is 6.04. The topological polar surface area (TPSA) is 139 Å². The summed E-state index contributed by atoms with van der Waals surface area (Å²) in [6.07, 6.45) is -2.56. The third-order valence-electron chi connectivity index (χ3n) is 5.81. The van der Waals surface area contributed by atoms with Crippen molar-refractivity contribution < 1.29 is 24.1 Å². The highest BCUT2D eigenvalue weighted by atomic mass is 35.5. The number of fused-ring (bicyclic) bond motifs is 1. The second-order valence-electron chi connectivity index (χ2n) is 9.36. The summed E-state index contributed by atoms with van der Waals surface area (Å²) in [7, 11) is 0. The largest absolute Gasteiger partial charge is 0.387 e. The highest BCUT2D eigenvalue weighted by molar-refractivity contribution is 6.30. The quantitative estimate of drug-likeness (QED) is 0.365. The van der Waals surface area contributed by atoms with E-state index in [0.29, 0.717) is 22.7 Å². The first-order valence-corrected chi connectivity index (χ1v) is 11.1. The van der Waals surface area contributed by atoms with Gasteiger partial charge in [0.1, 0.15) is 36.7 Å². The second-order valence-corrected chi connectivity index (χ2v) is 9.77. The lowest BCUT2D eigenvalue weighted by Gasteiger charge is -2.26. The molecule has 3 aromatic rings. The van der Waals surface area contributed by atoms with Crippen LogP contribution < -0.4 is 16.2 Å². The van der Waals surface area contributed by atoms with Crippen LogP contribution in [0.2, 0.25) is 5.02 Å². The predicted octanol–water partition coefficient (Wildman–Crippen LogP) is 1.80. The summed E-state index contributed by atoms with van der Waals surface area (Å²) >= 11 is 5.75. The van der Waals surface area contributed by atoms with Gasteiger partial charge in [-0.2, -0.15) is 0 Å². The van der Waals surface area contributed by atoms with Crippen molar-refractivity contribution in [3.63, 3.8) is 0 Å². The minimum atomic E-state index is -1.27. The molecule has 182 valence electrons. The minimum absolute atomic E-state index is 0.00731. The summed E-state index contributed by atoms with van der Waals surface area (Å²) in [4.78, 5) is 12.8. The van der Waals surface area contributed by atoms with E-state index in [1.807, 2.05) is 20.8 Å². The Bertz CT molecular complexity index is 1210. The third kappa shape index (κ3) is 4.11. The van der Waals surface area contributed by atoms with Gasteiger partial charge in [-0.05, 0) is 18.2 Å². The highest BCUT2D eigenvalue weighted by Crippen LogP contribution is 2.36. The van der Waals surface area contributed by atoms with Crippen LogP contribution in [-0.4, -0.2) is 60.5 Å². The molecule has 5 N–H and O–H groups in total. The normalized spacial score (nSPS) is 29.7. The van der Waals surface area contributed by atoms with Gasteiger partial charge in [0.05, 0.1) is 11.3 Å². The molecule has 2 fully saturated rings. The van der Waals surface area contributed by atoms with Crippen LogP contribution in [0.5, 0.6) is 0 Å². The molecule has 2 aliphatic rings. The van der Waals surface area contributed by atoms with Crippen LogP contribution in [0.1, 0.15) is 27.0 Å². The Labute approximate surface area is 199 Å². The average molecular weight is 494 g/mol. The standard InChI is InChI=1S/C21H25ClFN7O4/c1-21(2,3)20-29-28-18(34-20)15-13(31)14(32)19(33-15)30-8-26-12-16(24-7-25-17(12)30)27-9-4-5-10(22)11(23)6-9/h4-8,13-15,18-20,28-29,31-32H,1-3H3,(H,24,25,27)/t13-,14+,15-,18?,19+,20?/m0/s1. The number of nitrogens with one attached hydrogen (secondary N) is 3. The fourth-order valence-electron chi connectivity index (χ4n) is 3.96. The molecule has 2 aromatic heterocycles. The van der Waals surface area contributed by atoms with Crippen LogP contribution in [0.25, 0.3) is 11.2 Å². The summed E-state index contributed by atoms with van der Waals surface area (Å²) in [5.74, 6) is -0.246. The molecule has 34 heavy (non-hydrogen) atoms. The number of rotatable bonds is 4. The third-order valence-corrected chi connectivity index (χ3v) is 6.12. The molecule has 2 unspecified atom stereocenters. The van der Waals surface area contributed by atoms with E-state index in [0.717, 1.165) is 0 Å². The van der Waals surface area contributed by atoms with E-state index in [-0.39, 0.29) is 16.7 Å². The molecule has 5 rings (SSSR count). The first kappa shape index (κ1) is 23.3. The van der Waals surface area contributed by atoms with Crippen molar-refractivity contribution in [3.8, 4) is 0 Å². The number of aliphatic hydroxyl groups is 2. The molecule has 2 aliphatic heterocycles.